The van der Waals surface area contributed by atoms with Crippen LogP contribution in [0.1, 0.15) is 23.2 Å². The summed E-state index contributed by atoms with van der Waals surface area (Å²) in [4.78, 5) is 12.9. The van der Waals surface area contributed by atoms with Crippen LogP contribution in [0.3, 0.4) is 0 Å². The summed E-state index contributed by atoms with van der Waals surface area (Å²) < 4.78 is 2.40. The van der Waals surface area contributed by atoms with Gasteiger partial charge in [0.2, 0.25) is 0 Å². The van der Waals surface area contributed by atoms with Crippen molar-refractivity contribution < 1.29 is 9.90 Å². The molecule has 0 unspecified atom stereocenters. The number of carboxylic acid groups (broad SMARTS) is 1. The minimum Gasteiger partial charge on any atom is -0.481 e. The number of nitrogens with zero attached hydrogens (tertiary/aromatic N) is 2. The summed E-state index contributed by atoms with van der Waals surface area (Å²) in [6.07, 6.45) is 0.221. The average Bonchev–Trinajstić information content (AvgIpc) is 2.79. The van der Waals surface area contributed by atoms with Gasteiger partial charge < -0.3 is 9.67 Å². The molecule has 0 spiro atoms. The SMILES string of the molecule is Cc1ccc2cc3n(c2c1C)CCN(CCC(=O)O)C3. The Bertz CT molecular complexity index is 673. The fourth-order valence-corrected chi connectivity index (χ4v) is 3.08. The number of aliphatic carboxylic acids is 1. The van der Waals surface area contributed by atoms with E-state index < -0.39 is 5.97 Å². The minimum atomic E-state index is -0.720. The lowest BCUT2D eigenvalue weighted by molar-refractivity contribution is -0.137. The fourth-order valence-electron chi connectivity index (χ4n) is 3.08. The summed E-state index contributed by atoms with van der Waals surface area (Å²) in [5.74, 6) is -0.720. The maximum Gasteiger partial charge on any atom is 0.304 e. The summed E-state index contributed by atoms with van der Waals surface area (Å²) in [5, 5.41) is 10.1. The first-order valence-electron chi connectivity index (χ1n) is 7.08. The predicted octanol–water partition coefficient (Wildman–Crippen LogP) is 2.55. The fraction of sp³-hybridized carbons (Fsp3) is 0.438. The van der Waals surface area contributed by atoms with Gasteiger partial charge in [-0.25, -0.2) is 0 Å². The predicted molar refractivity (Wildman–Crippen MR) is 78.9 cm³/mol. The second kappa shape index (κ2) is 4.94. The molecule has 1 aliphatic heterocycles. The summed E-state index contributed by atoms with van der Waals surface area (Å²) in [6.45, 7) is 7.69. The molecule has 1 N–H and O–H groups in total. The summed E-state index contributed by atoms with van der Waals surface area (Å²) in [5.41, 5.74) is 5.32. The Morgan fingerprint density at radius 2 is 2.10 bits per heavy atom. The smallest absolute Gasteiger partial charge is 0.304 e. The number of fused-ring (bicyclic) bond motifs is 3. The Morgan fingerprint density at radius 3 is 2.85 bits per heavy atom. The molecule has 20 heavy (non-hydrogen) atoms. The van der Waals surface area contributed by atoms with Crippen molar-refractivity contribution in [1.29, 1.82) is 0 Å². The number of hydrogen-bond donors (Lipinski definition) is 1. The molecule has 0 atom stereocenters. The van der Waals surface area contributed by atoms with Crippen LogP contribution in [0, 0.1) is 13.8 Å². The lowest BCUT2D eigenvalue weighted by Gasteiger charge is -2.28. The van der Waals surface area contributed by atoms with Crippen LogP contribution in [0.4, 0.5) is 0 Å². The van der Waals surface area contributed by atoms with Gasteiger partial charge in [-0.2, -0.15) is 0 Å². The summed E-state index contributed by atoms with van der Waals surface area (Å²) in [7, 11) is 0. The third-order valence-electron chi connectivity index (χ3n) is 4.34. The highest BCUT2D eigenvalue weighted by molar-refractivity contribution is 5.85. The van der Waals surface area contributed by atoms with Crippen LogP contribution < -0.4 is 0 Å². The molecule has 4 heteroatoms. The van der Waals surface area contributed by atoms with Gasteiger partial charge in [-0.3, -0.25) is 9.69 Å². The zero-order valence-electron chi connectivity index (χ0n) is 12.0. The number of aromatic nitrogens is 1. The molecule has 4 nitrogen and oxygen atoms in total. The van der Waals surface area contributed by atoms with Gasteiger partial charge in [0.25, 0.3) is 0 Å². The highest BCUT2D eigenvalue weighted by atomic mass is 16.4. The van der Waals surface area contributed by atoms with Crippen LogP contribution in [-0.4, -0.2) is 33.6 Å². The van der Waals surface area contributed by atoms with Crippen molar-refractivity contribution in [2.75, 3.05) is 13.1 Å². The first-order chi connectivity index (χ1) is 9.56. The van der Waals surface area contributed by atoms with Crippen LogP contribution in [0.15, 0.2) is 18.2 Å². The molecular weight excluding hydrogens is 252 g/mol. The van der Waals surface area contributed by atoms with Crippen molar-refractivity contribution in [2.24, 2.45) is 0 Å². The number of aryl methyl sites for hydroxylation is 2. The maximum absolute atomic E-state index is 10.7. The van der Waals surface area contributed by atoms with Crippen molar-refractivity contribution in [2.45, 2.75) is 33.4 Å². The van der Waals surface area contributed by atoms with Crippen molar-refractivity contribution in [1.82, 2.24) is 9.47 Å². The Morgan fingerprint density at radius 1 is 1.30 bits per heavy atom. The molecule has 0 aliphatic carbocycles. The Kier molecular flexibility index (Phi) is 3.26. The van der Waals surface area contributed by atoms with E-state index in [1.54, 1.807) is 0 Å². The number of hydrogen-bond acceptors (Lipinski definition) is 2. The van der Waals surface area contributed by atoms with E-state index in [2.05, 4.69) is 41.5 Å². The van der Waals surface area contributed by atoms with Crippen molar-refractivity contribution >= 4 is 16.9 Å². The zero-order chi connectivity index (χ0) is 14.3. The molecule has 1 aliphatic rings. The Balaban J connectivity index is 1.91. The van der Waals surface area contributed by atoms with Crippen LogP contribution >= 0.6 is 0 Å². The van der Waals surface area contributed by atoms with Gasteiger partial charge in [-0.1, -0.05) is 12.1 Å². The van der Waals surface area contributed by atoms with Crippen LogP contribution in [0.5, 0.6) is 0 Å². The van der Waals surface area contributed by atoms with Crippen molar-refractivity contribution in [3.05, 3.63) is 35.0 Å². The largest absolute Gasteiger partial charge is 0.481 e. The van der Waals surface area contributed by atoms with E-state index in [0.29, 0.717) is 6.54 Å². The van der Waals surface area contributed by atoms with E-state index in [4.69, 9.17) is 5.11 Å². The van der Waals surface area contributed by atoms with Gasteiger partial charge in [0, 0.05) is 37.3 Å². The number of carbonyl (C=O) groups is 1. The Labute approximate surface area is 118 Å². The van der Waals surface area contributed by atoms with Gasteiger partial charge in [-0.15, -0.1) is 0 Å². The standard InChI is InChI=1S/C16H20N2O2/c1-11-3-4-13-9-14-10-17(6-5-15(19)20)7-8-18(14)16(13)12(11)2/h3-4,9H,5-8,10H2,1-2H3,(H,19,20). The van der Waals surface area contributed by atoms with E-state index in [1.807, 2.05) is 0 Å². The molecule has 2 aromatic rings. The molecule has 1 aromatic heterocycles. The molecule has 2 heterocycles. The van der Waals surface area contributed by atoms with Crippen molar-refractivity contribution in [3.8, 4) is 0 Å². The molecule has 106 valence electrons. The molecule has 0 radical (unpaired) electrons. The molecule has 0 fully saturated rings. The topological polar surface area (TPSA) is 45.5 Å². The highest BCUT2D eigenvalue weighted by Gasteiger charge is 2.20. The second-order valence-corrected chi connectivity index (χ2v) is 5.65. The minimum absolute atomic E-state index is 0.221. The molecule has 1 aromatic carbocycles. The van der Waals surface area contributed by atoms with Crippen LogP contribution in [0.25, 0.3) is 10.9 Å². The lowest BCUT2D eigenvalue weighted by Crippen LogP contribution is -2.34. The average molecular weight is 272 g/mol. The third kappa shape index (κ3) is 2.20. The molecule has 3 rings (SSSR count). The summed E-state index contributed by atoms with van der Waals surface area (Å²) >= 11 is 0. The van der Waals surface area contributed by atoms with Gasteiger partial charge in [0.05, 0.1) is 11.9 Å². The summed E-state index contributed by atoms with van der Waals surface area (Å²) in [6, 6.07) is 6.60. The van der Waals surface area contributed by atoms with Gasteiger partial charge >= 0.3 is 5.97 Å². The lowest BCUT2D eigenvalue weighted by atomic mass is 10.1. The normalized spacial score (nSPS) is 15.5. The van der Waals surface area contributed by atoms with Crippen LogP contribution in [0.2, 0.25) is 0 Å². The van der Waals surface area contributed by atoms with E-state index in [-0.39, 0.29) is 6.42 Å². The quantitative estimate of drug-likeness (QED) is 0.934. The molecule has 0 saturated heterocycles. The second-order valence-electron chi connectivity index (χ2n) is 5.65. The van der Waals surface area contributed by atoms with Gasteiger partial charge in [0.15, 0.2) is 0 Å². The first-order valence-corrected chi connectivity index (χ1v) is 7.08. The van der Waals surface area contributed by atoms with E-state index in [1.165, 1.54) is 27.7 Å². The Hall–Kier alpha value is -1.81. The number of benzene rings is 1. The molecule has 0 amide bonds. The zero-order valence-corrected chi connectivity index (χ0v) is 12.0. The van der Waals surface area contributed by atoms with E-state index in [9.17, 15) is 4.79 Å². The van der Waals surface area contributed by atoms with Crippen molar-refractivity contribution in [3.63, 3.8) is 0 Å². The first kappa shape index (κ1) is 13.2. The monoisotopic (exact) mass is 272 g/mol. The number of rotatable bonds is 3. The third-order valence-corrected chi connectivity index (χ3v) is 4.34. The number of carboxylic acids is 1. The molecule has 0 bridgehead atoms. The van der Waals surface area contributed by atoms with Gasteiger partial charge in [0.1, 0.15) is 0 Å². The van der Waals surface area contributed by atoms with Crippen LogP contribution in [-0.2, 0) is 17.9 Å². The highest BCUT2D eigenvalue weighted by Crippen LogP contribution is 2.28. The molecular formula is C16H20N2O2. The van der Waals surface area contributed by atoms with Gasteiger partial charge in [-0.05, 0) is 31.0 Å². The van der Waals surface area contributed by atoms with E-state index >= 15 is 0 Å². The van der Waals surface area contributed by atoms with E-state index in [0.717, 1.165) is 19.6 Å². The maximum atomic E-state index is 10.7. The molecule has 0 saturated carbocycles.